The van der Waals surface area contributed by atoms with E-state index in [-0.39, 0.29) is 17.0 Å². The number of ether oxygens (including phenoxy) is 1. The Morgan fingerprint density at radius 3 is 2.71 bits per heavy atom. The minimum absolute atomic E-state index is 0.0185. The zero-order chi connectivity index (χ0) is 15.1. The molecule has 3 heterocycles. The van der Waals surface area contributed by atoms with Crippen LogP contribution in [0.25, 0.3) is 11.2 Å². The Morgan fingerprint density at radius 1 is 1.33 bits per heavy atom. The molecule has 10 nitrogen and oxygen atoms in total. The molecule has 1 saturated heterocycles. The van der Waals surface area contributed by atoms with Gasteiger partial charge < -0.3 is 30.1 Å². The van der Waals surface area contributed by atoms with Crippen LogP contribution in [0.5, 0.6) is 0 Å². The summed E-state index contributed by atoms with van der Waals surface area (Å²) in [5.41, 5.74) is -0.405. The number of aliphatic hydroxyl groups excluding tert-OH is 4. The molecule has 0 spiro atoms. The van der Waals surface area contributed by atoms with Gasteiger partial charge in [-0.15, -0.1) is 0 Å². The number of hydrogen-bond donors (Lipinski definition) is 5. The Hall–Kier alpha value is -1.85. The molecule has 2 aromatic rings. The van der Waals surface area contributed by atoms with Gasteiger partial charge in [0.15, 0.2) is 17.4 Å². The number of nitrogens with zero attached hydrogens (tertiary/aromatic N) is 3. The summed E-state index contributed by atoms with van der Waals surface area (Å²) in [5, 5.41) is 37.9. The highest BCUT2D eigenvalue weighted by molar-refractivity contribution is 5.69. The number of fused-ring (bicyclic) bond motifs is 1. The topological polar surface area (TPSA) is 154 Å². The average molecular weight is 298 g/mol. The highest BCUT2D eigenvalue weighted by Crippen LogP contribution is 2.30. The van der Waals surface area contributed by atoms with Crippen LogP contribution in [0.1, 0.15) is 12.1 Å². The van der Waals surface area contributed by atoms with Gasteiger partial charge in [0.05, 0.1) is 12.9 Å². The van der Waals surface area contributed by atoms with Gasteiger partial charge in [-0.25, -0.2) is 9.97 Å². The Morgan fingerprint density at radius 2 is 2.10 bits per heavy atom. The van der Waals surface area contributed by atoms with Gasteiger partial charge in [-0.05, 0) is 0 Å². The summed E-state index contributed by atoms with van der Waals surface area (Å²) in [7, 11) is 0. The molecule has 5 N–H and O–H groups in total. The maximum atomic E-state index is 11.8. The van der Waals surface area contributed by atoms with Crippen LogP contribution in [0.3, 0.4) is 0 Å². The summed E-state index contributed by atoms with van der Waals surface area (Å²) in [6.07, 6.45) is -3.31. The molecule has 1 fully saturated rings. The summed E-state index contributed by atoms with van der Waals surface area (Å²) in [6.45, 7) is -0.927. The second-order valence-corrected chi connectivity index (χ2v) is 4.72. The fourth-order valence-electron chi connectivity index (χ4n) is 2.34. The standard InChI is InChI=1S/C11H14N4O6/c16-1-4-7(18)8(19)11(21-4)15-3-12-6-9(15)13-5(2-17)14-10(6)20/h3-4,7-8,11,16-19H,1-2H2,(H,13,14,20)/t4-,7-,8-,11-/m0/s1. The van der Waals surface area contributed by atoms with Crippen molar-refractivity contribution < 1.29 is 25.2 Å². The summed E-state index contributed by atoms with van der Waals surface area (Å²) in [6, 6.07) is 0. The summed E-state index contributed by atoms with van der Waals surface area (Å²) in [5.74, 6) is 0.0426. The van der Waals surface area contributed by atoms with Gasteiger partial charge in [-0.2, -0.15) is 0 Å². The minimum Gasteiger partial charge on any atom is -0.394 e. The lowest BCUT2D eigenvalue weighted by Crippen LogP contribution is -2.33. The molecule has 10 heteroatoms. The van der Waals surface area contributed by atoms with E-state index in [0.29, 0.717) is 0 Å². The van der Waals surface area contributed by atoms with E-state index in [1.807, 2.05) is 0 Å². The van der Waals surface area contributed by atoms with Gasteiger partial charge in [0, 0.05) is 0 Å². The molecule has 0 amide bonds. The van der Waals surface area contributed by atoms with E-state index in [1.54, 1.807) is 0 Å². The molecular weight excluding hydrogens is 284 g/mol. The Labute approximate surface area is 117 Å². The predicted octanol–water partition coefficient (Wildman–Crippen LogP) is -2.78. The first-order valence-corrected chi connectivity index (χ1v) is 6.26. The van der Waals surface area contributed by atoms with E-state index in [4.69, 9.17) is 14.9 Å². The van der Waals surface area contributed by atoms with Crippen LogP contribution >= 0.6 is 0 Å². The fourth-order valence-corrected chi connectivity index (χ4v) is 2.34. The summed E-state index contributed by atoms with van der Waals surface area (Å²) in [4.78, 5) is 22.1. The smallest absolute Gasteiger partial charge is 0.279 e. The van der Waals surface area contributed by atoms with E-state index in [1.165, 1.54) is 10.9 Å². The molecule has 0 bridgehead atoms. The van der Waals surface area contributed by atoms with Crippen molar-refractivity contribution in [3.05, 3.63) is 22.5 Å². The van der Waals surface area contributed by atoms with Crippen LogP contribution in [-0.2, 0) is 11.3 Å². The van der Waals surface area contributed by atoms with Crippen molar-refractivity contribution in [1.82, 2.24) is 19.5 Å². The minimum atomic E-state index is -1.31. The van der Waals surface area contributed by atoms with E-state index < -0.39 is 43.3 Å². The Bertz CT molecular complexity index is 712. The first kappa shape index (κ1) is 14.1. The first-order valence-electron chi connectivity index (χ1n) is 6.26. The molecule has 0 aliphatic carbocycles. The number of aromatic nitrogens is 4. The van der Waals surface area contributed by atoms with Crippen molar-refractivity contribution in [3.63, 3.8) is 0 Å². The predicted molar refractivity (Wildman–Crippen MR) is 67.1 cm³/mol. The average Bonchev–Trinajstić information content (AvgIpc) is 3.02. The molecule has 0 saturated carbocycles. The van der Waals surface area contributed by atoms with Gasteiger partial charge in [-0.3, -0.25) is 9.36 Å². The van der Waals surface area contributed by atoms with Gasteiger partial charge >= 0.3 is 0 Å². The van der Waals surface area contributed by atoms with Crippen molar-refractivity contribution in [1.29, 1.82) is 0 Å². The Balaban J connectivity index is 2.09. The quantitative estimate of drug-likeness (QED) is 0.408. The zero-order valence-corrected chi connectivity index (χ0v) is 10.7. The van der Waals surface area contributed by atoms with Crippen LogP contribution in [0.15, 0.2) is 11.1 Å². The SMILES string of the molecule is O=c1[nH]c(CO)nc2c1ncn2[C@H]1O[C@@H](CO)[C@H](O)[C@@H]1O. The fraction of sp³-hybridized carbons (Fsp3) is 0.545. The third-order valence-corrected chi connectivity index (χ3v) is 3.42. The largest absolute Gasteiger partial charge is 0.394 e. The third kappa shape index (κ3) is 2.13. The molecule has 3 rings (SSSR count). The van der Waals surface area contributed by atoms with Crippen LogP contribution in [-0.4, -0.2) is 64.9 Å². The lowest BCUT2D eigenvalue weighted by molar-refractivity contribution is -0.0511. The molecule has 21 heavy (non-hydrogen) atoms. The van der Waals surface area contributed by atoms with Crippen molar-refractivity contribution >= 4 is 11.2 Å². The van der Waals surface area contributed by atoms with Crippen LogP contribution in [0.2, 0.25) is 0 Å². The monoisotopic (exact) mass is 298 g/mol. The van der Waals surface area contributed by atoms with Gasteiger partial charge in [-0.1, -0.05) is 0 Å². The maximum Gasteiger partial charge on any atom is 0.279 e. The normalized spacial score (nSPS) is 29.3. The van der Waals surface area contributed by atoms with Crippen LogP contribution in [0.4, 0.5) is 0 Å². The van der Waals surface area contributed by atoms with E-state index >= 15 is 0 Å². The highest BCUT2D eigenvalue weighted by atomic mass is 16.6. The van der Waals surface area contributed by atoms with Crippen molar-refractivity contribution in [3.8, 4) is 0 Å². The molecule has 4 atom stereocenters. The lowest BCUT2D eigenvalue weighted by Gasteiger charge is -2.16. The number of aliphatic hydroxyl groups is 4. The van der Waals surface area contributed by atoms with Gasteiger partial charge in [0.2, 0.25) is 0 Å². The van der Waals surface area contributed by atoms with E-state index in [9.17, 15) is 15.0 Å². The van der Waals surface area contributed by atoms with Gasteiger partial charge in [0.1, 0.15) is 30.7 Å². The number of H-pyrrole nitrogens is 1. The lowest BCUT2D eigenvalue weighted by atomic mass is 10.1. The van der Waals surface area contributed by atoms with E-state index in [0.717, 1.165) is 0 Å². The number of imidazole rings is 1. The highest BCUT2D eigenvalue weighted by Gasteiger charge is 2.44. The Kier molecular flexibility index (Phi) is 3.47. The summed E-state index contributed by atoms with van der Waals surface area (Å²) < 4.78 is 6.64. The molecule has 1 aliphatic rings. The molecule has 1 aliphatic heterocycles. The van der Waals surface area contributed by atoms with Crippen LogP contribution in [0, 0.1) is 0 Å². The maximum absolute atomic E-state index is 11.8. The molecular formula is C11H14N4O6. The van der Waals surface area contributed by atoms with Crippen molar-refractivity contribution in [2.45, 2.75) is 31.1 Å². The van der Waals surface area contributed by atoms with Crippen molar-refractivity contribution in [2.24, 2.45) is 0 Å². The molecule has 2 aromatic heterocycles. The zero-order valence-electron chi connectivity index (χ0n) is 10.7. The van der Waals surface area contributed by atoms with Crippen LogP contribution < -0.4 is 5.56 Å². The molecule has 0 radical (unpaired) electrons. The van der Waals surface area contributed by atoms with E-state index in [2.05, 4.69) is 15.0 Å². The number of rotatable bonds is 3. The number of aromatic amines is 1. The number of hydrogen-bond acceptors (Lipinski definition) is 8. The van der Waals surface area contributed by atoms with Gasteiger partial charge in [0.25, 0.3) is 5.56 Å². The number of nitrogens with one attached hydrogen (secondary N) is 1. The summed E-state index contributed by atoms with van der Waals surface area (Å²) >= 11 is 0. The van der Waals surface area contributed by atoms with Crippen molar-refractivity contribution in [2.75, 3.05) is 6.61 Å². The molecule has 0 unspecified atom stereocenters. The second kappa shape index (κ2) is 5.16. The second-order valence-electron chi connectivity index (χ2n) is 4.72. The third-order valence-electron chi connectivity index (χ3n) is 3.42. The molecule has 114 valence electrons. The molecule has 0 aromatic carbocycles. The first-order chi connectivity index (χ1) is 10.1.